The summed E-state index contributed by atoms with van der Waals surface area (Å²) in [5.74, 6) is 0.485. The van der Waals surface area contributed by atoms with E-state index < -0.39 is 12.2 Å². The van der Waals surface area contributed by atoms with Gasteiger partial charge in [-0.3, -0.25) is 0 Å². The third kappa shape index (κ3) is 2.96. The third-order valence-electron chi connectivity index (χ3n) is 2.03. The van der Waals surface area contributed by atoms with Gasteiger partial charge in [-0.1, -0.05) is 18.2 Å². The van der Waals surface area contributed by atoms with Crippen LogP contribution in [0, 0.1) is 11.3 Å². The van der Waals surface area contributed by atoms with Gasteiger partial charge in [0.05, 0.1) is 12.2 Å². The van der Waals surface area contributed by atoms with Gasteiger partial charge in [-0.15, -0.1) is 0 Å². The summed E-state index contributed by atoms with van der Waals surface area (Å²) < 4.78 is 5.48. The average Bonchev–Trinajstić information content (AvgIpc) is 2.27. The van der Waals surface area contributed by atoms with Crippen molar-refractivity contribution in [1.29, 1.82) is 5.26 Å². The Morgan fingerprint density at radius 1 is 1.25 bits per heavy atom. The quantitative estimate of drug-likeness (QED) is 0.753. The molecule has 2 unspecified atom stereocenters. The highest BCUT2D eigenvalue weighted by molar-refractivity contribution is 5.36. The summed E-state index contributed by atoms with van der Waals surface area (Å²) in [7, 11) is 0. The predicted molar refractivity (Wildman–Crippen MR) is 58.8 cm³/mol. The van der Waals surface area contributed by atoms with Crippen molar-refractivity contribution >= 4 is 0 Å². The van der Waals surface area contributed by atoms with Crippen LogP contribution in [0.1, 0.15) is 25.5 Å². The lowest BCUT2D eigenvalue weighted by molar-refractivity contribution is 0.0498. The van der Waals surface area contributed by atoms with E-state index >= 15 is 0 Å². The molecule has 4 heteroatoms. The SMILES string of the molecule is CC(C)Oc1ccccc1C(O)C(O)C#N. The fraction of sp³-hybridized carbons (Fsp3) is 0.417. The Kier molecular flexibility index (Phi) is 4.29. The van der Waals surface area contributed by atoms with Gasteiger partial charge in [-0.25, -0.2) is 0 Å². The van der Waals surface area contributed by atoms with Gasteiger partial charge in [0.15, 0.2) is 6.10 Å². The second-order valence-corrected chi connectivity index (χ2v) is 3.72. The highest BCUT2D eigenvalue weighted by atomic mass is 16.5. The molecule has 0 amide bonds. The minimum atomic E-state index is -1.45. The first-order valence-corrected chi connectivity index (χ1v) is 5.07. The summed E-state index contributed by atoms with van der Waals surface area (Å²) in [5, 5.41) is 27.5. The summed E-state index contributed by atoms with van der Waals surface area (Å²) >= 11 is 0. The monoisotopic (exact) mass is 221 g/mol. The fourth-order valence-corrected chi connectivity index (χ4v) is 1.33. The molecule has 2 atom stereocenters. The molecule has 2 N–H and O–H groups in total. The van der Waals surface area contributed by atoms with Gasteiger partial charge < -0.3 is 14.9 Å². The minimum absolute atomic E-state index is 0.0346. The lowest BCUT2D eigenvalue weighted by atomic mass is 10.0. The van der Waals surface area contributed by atoms with Crippen molar-refractivity contribution in [3.05, 3.63) is 29.8 Å². The number of aliphatic hydroxyl groups is 2. The zero-order valence-electron chi connectivity index (χ0n) is 9.29. The van der Waals surface area contributed by atoms with Gasteiger partial charge in [-0.2, -0.15) is 5.26 Å². The number of rotatable bonds is 4. The predicted octanol–water partition coefficient (Wildman–Crippen LogP) is 1.39. The maximum absolute atomic E-state index is 9.73. The Morgan fingerprint density at radius 2 is 1.88 bits per heavy atom. The lowest BCUT2D eigenvalue weighted by Crippen LogP contribution is -2.18. The van der Waals surface area contributed by atoms with Gasteiger partial charge in [0.2, 0.25) is 0 Å². The molecule has 0 radical (unpaired) electrons. The van der Waals surface area contributed by atoms with Gasteiger partial charge >= 0.3 is 0 Å². The van der Waals surface area contributed by atoms with Crippen LogP contribution in [-0.2, 0) is 0 Å². The zero-order chi connectivity index (χ0) is 12.1. The minimum Gasteiger partial charge on any atom is -0.491 e. The van der Waals surface area contributed by atoms with E-state index in [2.05, 4.69) is 0 Å². The topological polar surface area (TPSA) is 73.5 Å². The Labute approximate surface area is 94.7 Å². The van der Waals surface area contributed by atoms with Crippen LogP contribution in [0.25, 0.3) is 0 Å². The molecule has 0 spiro atoms. The van der Waals surface area contributed by atoms with Crippen molar-refractivity contribution in [3.8, 4) is 11.8 Å². The molecule has 0 fully saturated rings. The Bertz CT molecular complexity index is 384. The molecule has 0 aliphatic heterocycles. The summed E-state index contributed by atoms with van der Waals surface area (Å²) in [6.45, 7) is 3.73. The Hall–Kier alpha value is -1.57. The molecule has 1 aromatic carbocycles. The lowest BCUT2D eigenvalue weighted by Gasteiger charge is -2.18. The molecule has 0 aliphatic rings. The molecule has 0 saturated carbocycles. The van der Waals surface area contributed by atoms with Crippen molar-refractivity contribution in [2.75, 3.05) is 0 Å². The Balaban J connectivity index is 2.99. The van der Waals surface area contributed by atoms with Crippen LogP contribution in [0.4, 0.5) is 0 Å². The number of hydrogen-bond donors (Lipinski definition) is 2. The molecular weight excluding hydrogens is 206 g/mol. The Morgan fingerprint density at radius 3 is 2.44 bits per heavy atom. The smallest absolute Gasteiger partial charge is 0.170 e. The first-order chi connectivity index (χ1) is 7.56. The largest absolute Gasteiger partial charge is 0.491 e. The van der Waals surface area contributed by atoms with Crippen molar-refractivity contribution in [3.63, 3.8) is 0 Å². The highest BCUT2D eigenvalue weighted by Gasteiger charge is 2.21. The molecule has 1 rings (SSSR count). The summed E-state index contributed by atoms with van der Waals surface area (Å²) in [5.41, 5.74) is 0.422. The van der Waals surface area contributed by atoms with E-state index in [-0.39, 0.29) is 6.10 Å². The van der Waals surface area contributed by atoms with Crippen molar-refractivity contribution < 1.29 is 14.9 Å². The standard InChI is InChI=1S/C12H15NO3/c1-8(2)16-11-6-4-3-5-9(11)12(15)10(14)7-13/h3-6,8,10,12,14-15H,1-2H3. The normalized spacial score (nSPS) is 14.2. The molecule has 16 heavy (non-hydrogen) atoms. The summed E-state index contributed by atoms with van der Waals surface area (Å²) in [4.78, 5) is 0. The molecule has 0 aromatic heterocycles. The number of para-hydroxylation sites is 1. The molecule has 0 saturated heterocycles. The molecule has 0 aliphatic carbocycles. The van der Waals surface area contributed by atoms with Crippen LogP contribution < -0.4 is 4.74 Å². The number of ether oxygens (including phenoxy) is 1. The van der Waals surface area contributed by atoms with Gasteiger partial charge in [-0.05, 0) is 19.9 Å². The fourth-order valence-electron chi connectivity index (χ4n) is 1.33. The molecule has 0 bridgehead atoms. The van der Waals surface area contributed by atoms with Crippen molar-refractivity contribution in [1.82, 2.24) is 0 Å². The second kappa shape index (κ2) is 5.50. The zero-order valence-corrected chi connectivity index (χ0v) is 9.29. The van der Waals surface area contributed by atoms with E-state index in [1.807, 2.05) is 13.8 Å². The van der Waals surface area contributed by atoms with Crippen LogP contribution >= 0.6 is 0 Å². The van der Waals surface area contributed by atoms with Crippen LogP contribution in [0.5, 0.6) is 5.75 Å². The summed E-state index contributed by atoms with van der Waals surface area (Å²) in [6, 6.07) is 8.41. The number of nitriles is 1. The maximum atomic E-state index is 9.73. The summed E-state index contributed by atoms with van der Waals surface area (Å²) in [6.07, 6.45) is -2.73. The number of hydrogen-bond acceptors (Lipinski definition) is 4. The molecule has 86 valence electrons. The van der Waals surface area contributed by atoms with Crippen LogP contribution in [0.15, 0.2) is 24.3 Å². The molecule has 0 heterocycles. The first-order valence-electron chi connectivity index (χ1n) is 5.07. The van der Waals surface area contributed by atoms with Crippen molar-refractivity contribution in [2.45, 2.75) is 32.2 Å². The van der Waals surface area contributed by atoms with Gasteiger partial charge in [0.1, 0.15) is 11.9 Å². The second-order valence-electron chi connectivity index (χ2n) is 3.72. The highest BCUT2D eigenvalue weighted by Crippen LogP contribution is 2.27. The van der Waals surface area contributed by atoms with E-state index in [0.717, 1.165) is 0 Å². The number of aliphatic hydroxyl groups excluding tert-OH is 2. The van der Waals surface area contributed by atoms with Crippen LogP contribution in [0.3, 0.4) is 0 Å². The first kappa shape index (κ1) is 12.5. The van der Waals surface area contributed by atoms with Crippen molar-refractivity contribution in [2.24, 2.45) is 0 Å². The van der Waals surface area contributed by atoms with Crippen LogP contribution in [0.2, 0.25) is 0 Å². The van der Waals surface area contributed by atoms with E-state index in [1.54, 1.807) is 30.3 Å². The number of nitrogens with zero attached hydrogens (tertiary/aromatic N) is 1. The van der Waals surface area contributed by atoms with E-state index in [0.29, 0.717) is 11.3 Å². The van der Waals surface area contributed by atoms with Gasteiger partial charge in [0, 0.05) is 5.56 Å². The molecule has 4 nitrogen and oxygen atoms in total. The van der Waals surface area contributed by atoms with Crippen LogP contribution in [-0.4, -0.2) is 22.4 Å². The third-order valence-corrected chi connectivity index (χ3v) is 2.03. The maximum Gasteiger partial charge on any atom is 0.170 e. The van der Waals surface area contributed by atoms with E-state index in [4.69, 9.17) is 10.00 Å². The van der Waals surface area contributed by atoms with E-state index in [9.17, 15) is 10.2 Å². The van der Waals surface area contributed by atoms with Gasteiger partial charge in [0.25, 0.3) is 0 Å². The molecule has 1 aromatic rings. The number of benzene rings is 1. The average molecular weight is 221 g/mol. The van der Waals surface area contributed by atoms with E-state index in [1.165, 1.54) is 0 Å². The molecular formula is C12H15NO3.